The van der Waals surface area contributed by atoms with E-state index in [0.717, 1.165) is 0 Å². The second-order valence-corrected chi connectivity index (χ2v) is 9.47. The van der Waals surface area contributed by atoms with Gasteiger partial charge < -0.3 is 20.9 Å². The van der Waals surface area contributed by atoms with Gasteiger partial charge in [-0.15, -0.1) is 0 Å². The summed E-state index contributed by atoms with van der Waals surface area (Å²) in [6.45, 7) is 0. The number of hydrogen-bond acceptors (Lipinski definition) is 4. The molecule has 3 aliphatic heterocycles. The van der Waals surface area contributed by atoms with E-state index in [1.54, 1.807) is 17.0 Å². The number of carbonyl (C=O) groups excluding carboxylic acids is 2. The molecule has 0 aliphatic carbocycles. The molecule has 10 heteroatoms. The smallest absolute Gasteiger partial charge is 0.247 e. The summed E-state index contributed by atoms with van der Waals surface area (Å²) in [5.74, 6) is -1.10. The summed E-state index contributed by atoms with van der Waals surface area (Å²) in [5, 5.41) is 2.51. The number of hydrogen-bond donors (Lipinski definition) is 3. The Morgan fingerprint density at radius 2 is 1.94 bits per heavy atom. The van der Waals surface area contributed by atoms with Gasteiger partial charge in [0.25, 0.3) is 0 Å². The fraction of sp³-hybridized carbons (Fsp3) is 0.240. The van der Waals surface area contributed by atoms with Gasteiger partial charge in [-0.1, -0.05) is 17.7 Å². The quantitative estimate of drug-likeness (QED) is 0.462. The number of fused-ring (bicyclic) bond motifs is 2. The number of imidazole rings is 1. The highest BCUT2D eigenvalue weighted by Gasteiger charge is 2.42. The number of amides is 2. The lowest BCUT2D eigenvalue weighted by molar-refractivity contribution is -0.129. The van der Waals surface area contributed by atoms with Gasteiger partial charge in [0.2, 0.25) is 11.8 Å². The van der Waals surface area contributed by atoms with Crippen molar-refractivity contribution in [3.63, 3.8) is 0 Å². The van der Waals surface area contributed by atoms with E-state index < -0.39 is 11.6 Å². The molecule has 2 aromatic carbocycles. The molecule has 1 aromatic heterocycles. The maximum atomic E-state index is 15.1. The number of nitrogens with zero attached hydrogens (tertiary/aromatic N) is 2. The largest absolute Gasteiger partial charge is 0.398 e. The van der Waals surface area contributed by atoms with E-state index in [1.165, 1.54) is 24.4 Å². The Labute approximate surface area is 204 Å². The SMILES string of the molecule is Nc1ccc(Cl)c(F)c1C1=CC(=O)N2C(CC[C@H]2c2ncc(-c3ccc4c(c3F)NC(=O)C4)[nH]2)C1. The van der Waals surface area contributed by atoms with Crippen molar-refractivity contribution in [1.29, 1.82) is 0 Å². The molecule has 178 valence electrons. The second kappa shape index (κ2) is 7.91. The Bertz CT molecular complexity index is 1450. The van der Waals surface area contributed by atoms with Crippen LogP contribution >= 0.6 is 11.6 Å². The van der Waals surface area contributed by atoms with Crippen LogP contribution < -0.4 is 11.1 Å². The number of H-pyrrole nitrogens is 1. The first-order chi connectivity index (χ1) is 16.8. The van der Waals surface area contributed by atoms with E-state index in [9.17, 15) is 14.0 Å². The molecule has 7 nitrogen and oxygen atoms in total. The number of carbonyl (C=O) groups is 2. The molecule has 3 aliphatic rings. The van der Waals surface area contributed by atoms with Gasteiger partial charge in [0.1, 0.15) is 5.82 Å². The lowest BCUT2D eigenvalue weighted by atomic mass is 9.92. The van der Waals surface area contributed by atoms with Crippen LogP contribution in [0.4, 0.5) is 20.2 Å². The zero-order valence-electron chi connectivity index (χ0n) is 18.4. The minimum atomic E-state index is -0.628. The maximum Gasteiger partial charge on any atom is 0.247 e. The summed E-state index contributed by atoms with van der Waals surface area (Å²) in [5.41, 5.74) is 8.50. The predicted octanol–water partition coefficient (Wildman–Crippen LogP) is 4.60. The van der Waals surface area contributed by atoms with Crippen molar-refractivity contribution < 1.29 is 18.4 Å². The molecule has 0 radical (unpaired) electrons. The topological polar surface area (TPSA) is 104 Å². The van der Waals surface area contributed by atoms with Crippen LogP contribution in [0, 0.1) is 11.6 Å². The van der Waals surface area contributed by atoms with Crippen molar-refractivity contribution in [2.24, 2.45) is 0 Å². The van der Waals surface area contributed by atoms with Crippen LogP contribution in [0.3, 0.4) is 0 Å². The zero-order chi connectivity index (χ0) is 24.4. The van der Waals surface area contributed by atoms with Crippen LogP contribution in [0.1, 0.15) is 42.3 Å². The van der Waals surface area contributed by atoms with Crippen molar-refractivity contribution in [3.8, 4) is 11.3 Å². The minimum absolute atomic E-state index is 0.0456. The first-order valence-electron chi connectivity index (χ1n) is 11.2. The summed E-state index contributed by atoms with van der Waals surface area (Å²) in [6.07, 6.45) is 4.89. The molecular formula is C25H20ClF2N5O2. The third-order valence-electron chi connectivity index (χ3n) is 7.00. The van der Waals surface area contributed by atoms with E-state index >= 15 is 4.39 Å². The van der Waals surface area contributed by atoms with Crippen LogP contribution in [0.15, 0.2) is 36.5 Å². The molecule has 2 amide bonds. The van der Waals surface area contributed by atoms with Crippen molar-refractivity contribution in [1.82, 2.24) is 14.9 Å². The van der Waals surface area contributed by atoms with Crippen LogP contribution in [0.5, 0.6) is 0 Å². The Balaban J connectivity index is 1.30. The van der Waals surface area contributed by atoms with Gasteiger partial charge in [-0.25, -0.2) is 13.8 Å². The number of anilines is 2. The number of halogens is 3. The van der Waals surface area contributed by atoms with Gasteiger partial charge in [-0.05, 0) is 48.6 Å². The van der Waals surface area contributed by atoms with Crippen molar-refractivity contribution in [3.05, 3.63) is 70.1 Å². The molecule has 1 unspecified atom stereocenters. The summed E-state index contributed by atoms with van der Waals surface area (Å²) >= 11 is 5.95. The lowest BCUT2D eigenvalue weighted by Gasteiger charge is -2.33. The van der Waals surface area contributed by atoms with E-state index in [-0.39, 0.29) is 52.3 Å². The van der Waals surface area contributed by atoms with Crippen LogP contribution in [-0.2, 0) is 16.0 Å². The van der Waals surface area contributed by atoms with E-state index in [1.807, 2.05) is 0 Å². The fourth-order valence-electron chi connectivity index (χ4n) is 5.39. The third-order valence-corrected chi connectivity index (χ3v) is 7.30. The molecule has 0 saturated carbocycles. The lowest BCUT2D eigenvalue weighted by Crippen LogP contribution is -2.39. The van der Waals surface area contributed by atoms with Gasteiger partial charge >= 0.3 is 0 Å². The Hall–Kier alpha value is -3.72. The second-order valence-electron chi connectivity index (χ2n) is 9.06. The molecule has 1 fully saturated rings. The molecule has 1 saturated heterocycles. The van der Waals surface area contributed by atoms with Crippen LogP contribution in [-0.4, -0.2) is 32.7 Å². The third kappa shape index (κ3) is 3.41. The van der Waals surface area contributed by atoms with Crippen molar-refractivity contribution >= 4 is 40.4 Å². The summed E-state index contributed by atoms with van der Waals surface area (Å²) in [7, 11) is 0. The van der Waals surface area contributed by atoms with E-state index in [4.69, 9.17) is 17.3 Å². The maximum absolute atomic E-state index is 15.1. The van der Waals surface area contributed by atoms with Gasteiger partial charge in [0.05, 0.1) is 35.1 Å². The minimum Gasteiger partial charge on any atom is -0.398 e. The van der Waals surface area contributed by atoms with Crippen molar-refractivity contribution in [2.75, 3.05) is 11.1 Å². The molecule has 4 N–H and O–H groups in total. The standard InChI is InChI=1S/C25H20ClF2N5O2/c26-15-4-5-16(29)21(23(15)28)12-7-13-2-6-18(33(13)20(35)9-12)25-30-10-17(31-25)14-3-1-11-8-19(34)32-24(11)22(14)27/h1,3-5,9-10,13,18H,2,6-8,29H2,(H,30,31)(H,32,34)/t13?,18-/m0/s1. The Kier molecular flexibility index (Phi) is 4.93. The fourth-order valence-corrected chi connectivity index (χ4v) is 5.55. The zero-order valence-corrected chi connectivity index (χ0v) is 19.1. The van der Waals surface area contributed by atoms with Crippen LogP contribution in [0.25, 0.3) is 16.8 Å². The number of rotatable bonds is 3. The monoisotopic (exact) mass is 495 g/mol. The first kappa shape index (κ1) is 21.8. The Morgan fingerprint density at radius 1 is 1.11 bits per heavy atom. The normalized spacial score (nSPS) is 21.1. The van der Waals surface area contributed by atoms with Gasteiger partial charge in [0.15, 0.2) is 11.6 Å². The predicted molar refractivity (Wildman–Crippen MR) is 127 cm³/mol. The molecule has 35 heavy (non-hydrogen) atoms. The number of nitrogens with two attached hydrogens (primary N) is 1. The van der Waals surface area contributed by atoms with E-state index in [0.29, 0.717) is 47.5 Å². The summed E-state index contributed by atoms with van der Waals surface area (Å²) in [6, 6.07) is 5.80. The van der Waals surface area contributed by atoms with E-state index in [2.05, 4.69) is 15.3 Å². The van der Waals surface area contributed by atoms with Crippen LogP contribution in [0.2, 0.25) is 5.02 Å². The van der Waals surface area contributed by atoms with Gasteiger partial charge in [-0.2, -0.15) is 0 Å². The number of nitrogen functional groups attached to an aromatic ring is 1. The highest BCUT2D eigenvalue weighted by atomic mass is 35.5. The number of benzene rings is 2. The average Bonchev–Trinajstić information content (AvgIpc) is 3.55. The summed E-state index contributed by atoms with van der Waals surface area (Å²) < 4.78 is 29.8. The molecule has 6 rings (SSSR count). The average molecular weight is 496 g/mol. The molecule has 2 atom stereocenters. The number of aromatic nitrogens is 2. The molecule has 0 bridgehead atoms. The van der Waals surface area contributed by atoms with Crippen molar-refractivity contribution in [2.45, 2.75) is 37.8 Å². The summed E-state index contributed by atoms with van der Waals surface area (Å²) in [4.78, 5) is 34.1. The molecule has 3 aromatic rings. The van der Waals surface area contributed by atoms with Gasteiger partial charge in [0, 0.05) is 28.9 Å². The number of nitrogens with one attached hydrogen (secondary N) is 2. The molecular weight excluding hydrogens is 476 g/mol. The highest BCUT2D eigenvalue weighted by Crippen LogP contribution is 2.44. The highest BCUT2D eigenvalue weighted by molar-refractivity contribution is 6.31. The number of aromatic amines is 1. The molecule has 0 spiro atoms. The Morgan fingerprint density at radius 3 is 2.77 bits per heavy atom. The first-order valence-corrected chi connectivity index (χ1v) is 11.6. The molecule has 4 heterocycles. The van der Waals surface area contributed by atoms with Gasteiger partial charge in [-0.3, -0.25) is 9.59 Å².